The van der Waals surface area contributed by atoms with E-state index in [2.05, 4.69) is 15.3 Å². The van der Waals surface area contributed by atoms with Crippen molar-refractivity contribution >= 4 is 23.6 Å². The van der Waals surface area contributed by atoms with E-state index in [1.807, 2.05) is 0 Å². The molecule has 1 aromatic carbocycles. The predicted octanol–water partition coefficient (Wildman–Crippen LogP) is 2.42. The molecule has 0 saturated carbocycles. The van der Waals surface area contributed by atoms with Gasteiger partial charge >= 0.3 is 0 Å². The van der Waals surface area contributed by atoms with Crippen molar-refractivity contribution in [3.05, 3.63) is 42.2 Å². The number of aromatic amines is 1. The second kappa shape index (κ2) is 5.63. The Morgan fingerprint density at radius 3 is 2.94 bits per heavy atom. The van der Waals surface area contributed by atoms with Crippen molar-refractivity contribution in [1.82, 2.24) is 9.97 Å². The average molecular weight is 269 g/mol. The molecule has 1 heterocycles. The molecule has 0 saturated heterocycles. The van der Waals surface area contributed by atoms with Crippen LogP contribution in [0.3, 0.4) is 0 Å². The Morgan fingerprint density at radius 2 is 2.28 bits per heavy atom. The molecule has 0 fully saturated rings. The van der Waals surface area contributed by atoms with Crippen molar-refractivity contribution in [2.75, 3.05) is 11.1 Å². The molecule has 0 aliphatic rings. The third-order valence-electron chi connectivity index (χ3n) is 2.01. The molecule has 2 rings (SSSR count). The van der Waals surface area contributed by atoms with Gasteiger partial charge in [-0.1, -0.05) is 0 Å². The van der Waals surface area contributed by atoms with Gasteiger partial charge in [-0.2, -0.15) is 0 Å². The van der Waals surface area contributed by atoms with Crippen LogP contribution in [0.25, 0.3) is 0 Å². The smallest absolute Gasteiger partial charge is 0.237 e. The van der Waals surface area contributed by atoms with Gasteiger partial charge in [0.2, 0.25) is 11.9 Å². The van der Waals surface area contributed by atoms with Gasteiger partial charge in [-0.05, 0) is 12.1 Å². The monoisotopic (exact) mass is 269 g/mol. The van der Waals surface area contributed by atoms with E-state index in [0.29, 0.717) is 5.95 Å². The van der Waals surface area contributed by atoms with Crippen molar-refractivity contribution in [2.24, 2.45) is 0 Å². The van der Waals surface area contributed by atoms with E-state index in [-0.39, 0.29) is 16.6 Å². The number of nitrogens with zero attached hydrogens (tertiary/aromatic N) is 1. The molecule has 4 nitrogen and oxygen atoms in total. The van der Waals surface area contributed by atoms with Gasteiger partial charge in [0.05, 0.1) is 5.75 Å². The number of thioether (sulfide) groups is 1. The number of amides is 1. The van der Waals surface area contributed by atoms with Crippen molar-refractivity contribution < 1.29 is 13.6 Å². The van der Waals surface area contributed by atoms with Gasteiger partial charge < -0.3 is 4.98 Å². The van der Waals surface area contributed by atoms with Crippen LogP contribution in [-0.4, -0.2) is 21.6 Å². The van der Waals surface area contributed by atoms with Gasteiger partial charge in [0.1, 0.15) is 11.6 Å². The van der Waals surface area contributed by atoms with Crippen molar-refractivity contribution in [2.45, 2.75) is 4.90 Å². The third-order valence-corrected chi connectivity index (χ3v) is 3.06. The first-order valence-corrected chi connectivity index (χ1v) is 6.01. The Bertz CT molecular complexity index is 545. The maximum atomic E-state index is 13.3. The Labute approximate surface area is 106 Å². The molecule has 2 N–H and O–H groups in total. The Hall–Kier alpha value is -1.89. The van der Waals surface area contributed by atoms with Gasteiger partial charge in [0.15, 0.2) is 0 Å². The first-order valence-electron chi connectivity index (χ1n) is 5.02. The molecule has 0 bridgehead atoms. The van der Waals surface area contributed by atoms with Gasteiger partial charge in [0.25, 0.3) is 0 Å². The van der Waals surface area contributed by atoms with Crippen LogP contribution in [0.5, 0.6) is 0 Å². The number of carbonyl (C=O) groups excluding carboxylic acids is 1. The number of hydrogen-bond donors (Lipinski definition) is 2. The number of H-pyrrole nitrogens is 1. The minimum absolute atomic E-state index is 0.0171. The lowest BCUT2D eigenvalue weighted by Crippen LogP contribution is -2.15. The molecule has 18 heavy (non-hydrogen) atoms. The highest BCUT2D eigenvalue weighted by Crippen LogP contribution is 2.22. The molecule has 0 spiro atoms. The predicted molar refractivity (Wildman–Crippen MR) is 64.3 cm³/mol. The molecule has 1 aromatic heterocycles. The van der Waals surface area contributed by atoms with E-state index >= 15 is 0 Å². The molecule has 1 amide bonds. The zero-order chi connectivity index (χ0) is 13.0. The first kappa shape index (κ1) is 12.6. The van der Waals surface area contributed by atoms with Crippen LogP contribution in [0.2, 0.25) is 0 Å². The summed E-state index contributed by atoms with van der Waals surface area (Å²) >= 11 is 0.990. The Kier molecular flexibility index (Phi) is 3.93. The molecule has 0 aliphatic heterocycles. The largest absolute Gasteiger partial charge is 0.331 e. The highest BCUT2D eigenvalue weighted by Gasteiger charge is 2.08. The molecule has 0 aliphatic carbocycles. The summed E-state index contributed by atoms with van der Waals surface area (Å²) in [5.41, 5.74) is 0. The van der Waals surface area contributed by atoms with Crippen LogP contribution in [0.15, 0.2) is 35.5 Å². The Balaban J connectivity index is 1.89. The summed E-state index contributed by atoms with van der Waals surface area (Å²) in [5.74, 6) is -1.29. The summed E-state index contributed by atoms with van der Waals surface area (Å²) in [5, 5.41) is 2.50. The van der Waals surface area contributed by atoms with Gasteiger partial charge in [-0.25, -0.2) is 13.8 Å². The van der Waals surface area contributed by atoms with Crippen LogP contribution < -0.4 is 5.32 Å². The van der Waals surface area contributed by atoms with E-state index < -0.39 is 11.6 Å². The number of nitrogens with one attached hydrogen (secondary N) is 2. The molecule has 94 valence electrons. The van der Waals surface area contributed by atoms with Crippen LogP contribution in [-0.2, 0) is 4.79 Å². The normalized spacial score (nSPS) is 10.3. The van der Waals surface area contributed by atoms with Crippen molar-refractivity contribution in [3.63, 3.8) is 0 Å². The molecule has 0 unspecified atom stereocenters. The van der Waals surface area contributed by atoms with Crippen LogP contribution in [0.4, 0.5) is 14.7 Å². The summed E-state index contributed by atoms with van der Waals surface area (Å²) in [6.07, 6.45) is 3.07. The number of carbonyl (C=O) groups is 1. The summed E-state index contributed by atoms with van der Waals surface area (Å²) < 4.78 is 25.9. The number of halogens is 2. The third kappa shape index (κ3) is 3.30. The number of aromatic nitrogens is 2. The maximum Gasteiger partial charge on any atom is 0.237 e. The number of imidazole rings is 1. The molecule has 0 atom stereocenters. The highest BCUT2D eigenvalue weighted by molar-refractivity contribution is 8.00. The van der Waals surface area contributed by atoms with Gasteiger partial charge in [-0.15, -0.1) is 11.8 Å². The minimum Gasteiger partial charge on any atom is -0.331 e. The molecule has 2 aromatic rings. The standard InChI is InChI=1S/C11H9F2N3OS/c12-7-1-2-9(8(13)5-7)18-6-10(17)16-11-14-3-4-15-11/h1-5H,6H2,(H2,14,15,16,17). The van der Waals surface area contributed by atoms with E-state index in [1.165, 1.54) is 12.3 Å². The Morgan fingerprint density at radius 1 is 1.44 bits per heavy atom. The van der Waals surface area contributed by atoms with Gasteiger partial charge in [-0.3, -0.25) is 10.1 Å². The minimum atomic E-state index is -0.675. The number of anilines is 1. The van der Waals surface area contributed by atoms with E-state index in [0.717, 1.165) is 23.9 Å². The zero-order valence-corrected chi connectivity index (χ0v) is 9.93. The van der Waals surface area contributed by atoms with Crippen LogP contribution >= 0.6 is 11.8 Å². The average Bonchev–Trinajstić information content (AvgIpc) is 2.80. The number of hydrogen-bond acceptors (Lipinski definition) is 3. The maximum absolute atomic E-state index is 13.3. The fraction of sp³-hybridized carbons (Fsp3) is 0.0909. The van der Waals surface area contributed by atoms with Crippen molar-refractivity contribution in [3.8, 4) is 0 Å². The fourth-order valence-electron chi connectivity index (χ4n) is 1.24. The lowest BCUT2D eigenvalue weighted by atomic mass is 10.3. The zero-order valence-electron chi connectivity index (χ0n) is 9.11. The lowest BCUT2D eigenvalue weighted by molar-refractivity contribution is -0.113. The number of benzene rings is 1. The topological polar surface area (TPSA) is 57.8 Å². The van der Waals surface area contributed by atoms with E-state index in [4.69, 9.17) is 0 Å². The molecular weight excluding hydrogens is 260 g/mol. The first-order chi connectivity index (χ1) is 8.65. The van der Waals surface area contributed by atoms with E-state index in [9.17, 15) is 13.6 Å². The number of rotatable bonds is 4. The molecule has 7 heteroatoms. The van der Waals surface area contributed by atoms with Crippen LogP contribution in [0.1, 0.15) is 0 Å². The second-order valence-electron chi connectivity index (χ2n) is 3.35. The van der Waals surface area contributed by atoms with E-state index in [1.54, 1.807) is 6.20 Å². The fourth-order valence-corrected chi connectivity index (χ4v) is 1.96. The summed E-state index contributed by atoms with van der Waals surface area (Å²) in [4.78, 5) is 18.2. The summed E-state index contributed by atoms with van der Waals surface area (Å²) in [6, 6.07) is 3.23. The lowest BCUT2D eigenvalue weighted by Gasteiger charge is -2.03. The van der Waals surface area contributed by atoms with Gasteiger partial charge in [0, 0.05) is 23.4 Å². The van der Waals surface area contributed by atoms with Crippen LogP contribution in [0, 0.1) is 11.6 Å². The quantitative estimate of drug-likeness (QED) is 0.838. The summed E-state index contributed by atoms with van der Waals surface area (Å²) in [7, 11) is 0. The second-order valence-corrected chi connectivity index (χ2v) is 4.37. The molecule has 0 radical (unpaired) electrons. The van der Waals surface area contributed by atoms with Crippen molar-refractivity contribution in [1.29, 1.82) is 0 Å². The SMILES string of the molecule is O=C(CSc1ccc(F)cc1F)Nc1ncc[nH]1. The highest BCUT2D eigenvalue weighted by atomic mass is 32.2. The summed E-state index contributed by atoms with van der Waals surface area (Å²) in [6.45, 7) is 0. The molecular formula is C11H9F2N3OS.